The largest absolute Gasteiger partial charge is 0.361 e. The highest BCUT2D eigenvalue weighted by molar-refractivity contribution is 7.99. The fraction of sp³-hybridized carbons (Fsp3) is 0.286. The number of hydrogen-bond acceptors (Lipinski definition) is 3. The predicted molar refractivity (Wildman–Crippen MR) is 104 cm³/mol. The number of benzene rings is 1. The highest BCUT2D eigenvalue weighted by Gasteiger charge is 2.28. The molecule has 0 spiro atoms. The quantitative estimate of drug-likeness (QED) is 0.726. The van der Waals surface area contributed by atoms with Crippen LogP contribution in [0.5, 0.6) is 0 Å². The molecule has 0 amide bonds. The molecule has 2 aliphatic heterocycles. The molecule has 0 aliphatic carbocycles. The Kier molecular flexibility index (Phi) is 3.87. The Balaban J connectivity index is 1.48. The zero-order chi connectivity index (χ0) is 16.6. The third-order valence-electron chi connectivity index (χ3n) is 5.41. The molecule has 1 aromatic carbocycles. The molecule has 4 heterocycles. The Bertz CT molecular complexity index is 929. The molecule has 1 atom stereocenters. The molecule has 1 N–H and O–H groups in total. The van der Waals surface area contributed by atoms with Gasteiger partial charge >= 0.3 is 0 Å². The molecule has 0 bridgehead atoms. The second-order valence-electron chi connectivity index (χ2n) is 6.92. The fourth-order valence-electron chi connectivity index (χ4n) is 4.12. The molecule has 4 heteroatoms. The first-order valence-corrected chi connectivity index (χ1v) is 9.81. The first-order chi connectivity index (χ1) is 12.4. The van der Waals surface area contributed by atoms with Gasteiger partial charge in [0.25, 0.3) is 0 Å². The number of nitrogens with zero attached hydrogens (tertiary/aromatic N) is 2. The lowest BCUT2D eigenvalue weighted by Crippen LogP contribution is -2.32. The average molecular weight is 347 g/mol. The van der Waals surface area contributed by atoms with E-state index in [0.717, 1.165) is 12.6 Å². The lowest BCUT2D eigenvalue weighted by Gasteiger charge is -2.29. The molecular formula is C21H21N3S. The SMILES string of the molecule is C1=C(c2c[nH]c3ccc(Sc4ccncc4)cc23)CC2CCCN2C1. The summed E-state index contributed by atoms with van der Waals surface area (Å²) in [6.07, 6.45) is 12.2. The Morgan fingerprint density at radius 2 is 2.04 bits per heavy atom. The molecule has 5 rings (SSSR count). The molecule has 2 aliphatic rings. The van der Waals surface area contributed by atoms with Gasteiger partial charge in [0, 0.05) is 57.4 Å². The average Bonchev–Trinajstić information content (AvgIpc) is 3.28. The van der Waals surface area contributed by atoms with E-state index in [0.29, 0.717) is 0 Å². The fourth-order valence-corrected chi connectivity index (χ4v) is 4.97. The standard InChI is InChI=1S/C21H21N3S/c1-2-16-12-15(7-11-24(16)10-1)20-14-23-21-4-3-18(13-19(20)21)25-17-5-8-22-9-6-17/h3-9,13-14,16,23H,1-2,10-12H2. The summed E-state index contributed by atoms with van der Waals surface area (Å²) in [6, 6.07) is 11.6. The number of fused-ring (bicyclic) bond motifs is 2. The summed E-state index contributed by atoms with van der Waals surface area (Å²) in [5.74, 6) is 0. The smallest absolute Gasteiger partial charge is 0.0461 e. The summed E-state index contributed by atoms with van der Waals surface area (Å²) >= 11 is 1.80. The number of hydrogen-bond donors (Lipinski definition) is 1. The molecule has 25 heavy (non-hydrogen) atoms. The Morgan fingerprint density at radius 1 is 1.12 bits per heavy atom. The van der Waals surface area contributed by atoms with E-state index in [4.69, 9.17) is 0 Å². The summed E-state index contributed by atoms with van der Waals surface area (Å²) < 4.78 is 0. The van der Waals surface area contributed by atoms with Crippen LogP contribution in [0, 0.1) is 0 Å². The van der Waals surface area contributed by atoms with Crippen LogP contribution >= 0.6 is 11.8 Å². The molecule has 0 saturated carbocycles. The minimum atomic E-state index is 0.749. The van der Waals surface area contributed by atoms with Crippen molar-refractivity contribution in [1.29, 1.82) is 0 Å². The lowest BCUT2D eigenvalue weighted by atomic mass is 9.94. The van der Waals surface area contributed by atoms with Crippen LogP contribution in [0.1, 0.15) is 24.8 Å². The normalized spacial score (nSPS) is 20.6. The molecule has 1 unspecified atom stereocenters. The lowest BCUT2D eigenvalue weighted by molar-refractivity contribution is 0.275. The van der Waals surface area contributed by atoms with E-state index < -0.39 is 0 Å². The van der Waals surface area contributed by atoms with Crippen molar-refractivity contribution in [2.45, 2.75) is 35.1 Å². The topological polar surface area (TPSA) is 31.9 Å². The highest BCUT2D eigenvalue weighted by Crippen LogP contribution is 2.37. The molecule has 126 valence electrons. The minimum absolute atomic E-state index is 0.749. The van der Waals surface area contributed by atoms with E-state index in [-0.39, 0.29) is 0 Å². The van der Waals surface area contributed by atoms with Crippen LogP contribution in [-0.2, 0) is 0 Å². The zero-order valence-electron chi connectivity index (χ0n) is 14.1. The van der Waals surface area contributed by atoms with E-state index in [9.17, 15) is 0 Å². The van der Waals surface area contributed by atoms with Crippen molar-refractivity contribution in [3.8, 4) is 0 Å². The van der Waals surface area contributed by atoms with Gasteiger partial charge in [0.1, 0.15) is 0 Å². The summed E-state index contributed by atoms with van der Waals surface area (Å²) in [6.45, 7) is 2.38. The molecule has 2 aromatic heterocycles. The van der Waals surface area contributed by atoms with E-state index >= 15 is 0 Å². The number of nitrogens with one attached hydrogen (secondary N) is 1. The first-order valence-electron chi connectivity index (χ1n) is 8.99. The summed E-state index contributed by atoms with van der Waals surface area (Å²) in [5.41, 5.74) is 4.13. The molecule has 0 radical (unpaired) electrons. The molecule has 1 saturated heterocycles. The van der Waals surface area contributed by atoms with Crippen molar-refractivity contribution >= 4 is 28.2 Å². The van der Waals surface area contributed by atoms with Crippen molar-refractivity contribution < 1.29 is 0 Å². The number of H-pyrrole nitrogens is 1. The van der Waals surface area contributed by atoms with Gasteiger partial charge in [0.2, 0.25) is 0 Å². The third kappa shape index (κ3) is 2.90. The molecular weight excluding hydrogens is 326 g/mol. The summed E-state index contributed by atoms with van der Waals surface area (Å²) in [5, 5.41) is 1.34. The van der Waals surface area contributed by atoms with Gasteiger partial charge in [-0.15, -0.1) is 0 Å². The van der Waals surface area contributed by atoms with Gasteiger partial charge in [-0.05, 0) is 61.7 Å². The van der Waals surface area contributed by atoms with Crippen LogP contribution in [0.15, 0.2) is 64.8 Å². The van der Waals surface area contributed by atoms with E-state index in [1.807, 2.05) is 12.4 Å². The Morgan fingerprint density at radius 3 is 2.96 bits per heavy atom. The number of pyridine rings is 1. The van der Waals surface area contributed by atoms with Crippen molar-refractivity contribution in [2.24, 2.45) is 0 Å². The van der Waals surface area contributed by atoms with Gasteiger partial charge in [-0.2, -0.15) is 0 Å². The van der Waals surface area contributed by atoms with Gasteiger partial charge in [-0.3, -0.25) is 9.88 Å². The van der Waals surface area contributed by atoms with Crippen molar-refractivity contribution in [1.82, 2.24) is 14.9 Å². The van der Waals surface area contributed by atoms with Gasteiger partial charge < -0.3 is 4.98 Å². The second kappa shape index (κ2) is 6.36. The van der Waals surface area contributed by atoms with Gasteiger partial charge in [0.05, 0.1) is 0 Å². The number of aromatic nitrogens is 2. The molecule has 3 aromatic rings. The highest BCUT2D eigenvalue weighted by atomic mass is 32.2. The van der Waals surface area contributed by atoms with E-state index in [1.54, 1.807) is 11.8 Å². The Labute approximate surface area is 152 Å². The molecule has 3 nitrogen and oxygen atoms in total. The van der Waals surface area contributed by atoms with Gasteiger partial charge in [-0.25, -0.2) is 0 Å². The maximum absolute atomic E-state index is 4.10. The van der Waals surface area contributed by atoms with Gasteiger partial charge in [0.15, 0.2) is 0 Å². The van der Waals surface area contributed by atoms with Crippen LogP contribution in [0.2, 0.25) is 0 Å². The zero-order valence-corrected chi connectivity index (χ0v) is 14.9. The number of rotatable bonds is 3. The van der Waals surface area contributed by atoms with Crippen LogP contribution < -0.4 is 0 Å². The third-order valence-corrected chi connectivity index (χ3v) is 6.41. The van der Waals surface area contributed by atoms with Crippen LogP contribution in [-0.4, -0.2) is 34.0 Å². The number of aromatic amines is 1. The van der Waals surface area contributed by atoms with Crippen LogP contribution in [0.3, 0.4) is 0 Å². The van der Waals surface area contributed by atoms with Crippen LogP contribution in [0.4, 0.5) is 0 Å². The maximum Gasteiger partial charge on any atom is 0.0461 e. The Hall–Kier alpha value is -2.04. The van der Waals surface area contributed by atoms with Gasteiger partial charge in [-0.1, -0.05) is 17.8 Å². The van der Waals surface area contributed by atoms with Crippen LogP contribution in [0.25, 0.3) is 16.5 Å². The second-order valence-corrected chi connectivity index (χ2v) is 8.07. The first kappa shape index (κ1) is 15.2. The van der Waals surface area contributed by atoms with Crippen molar-refractivity contribution in [3.63, 3.8) is 0 Å². The monoisotopic (exact) mass is 347 g/mol. The van der Waals surface area contributed by atoms with Crippen molar-refractivity contribution in [2.75, 3.05) is 13.1 Å². The van der Waals surface area contributed by atoms with E-state index in [1.165, 1.54) is 57.6 Å². The minimum Gasteiger partial charge on any atom is -0.361 e. The summed E-state index contributed by atoms with van der Waals surface area (Å²) in [7, 11) is 0. The summed E-state index contributed by atoms with van der Waals surface area (Å²) in [4.78, 5) is 12.7. The molecule has 1 fully saturated rings. The maximum atomic E-state index is 4.10. The predicted octanol–water partition coefficient (Wildman–Crippen LogP) is 4.97. The van der Waals surface area contributed by atoms with Crippen molar-refractivity contribution in [3.05, 3.63) is 60.6 Å². The van der Waals surface area contributed by atoms with E-state index in [2.05, 4.69) is 57.5 Å².